The van der Waals surface area contributed by atoms with Crippen molar-refractivity contribution in [1.82, 2.24) is 4.98 Å². The van der Waals surface area contributed by atoms with Gasteiger partial charge >= 0.3 is 5.97 Å². The number of oxime groups is 1. The van der Waals surface area contributed by atoms with Crippen LogP contribution in [0.15, 0.2) is 29.1 Å². The average Bonchev–Trinajstić information content (AvgIpc) is 3.18. The zero-order valence-corrected chi connectivity index (χ0v) is 22.4. The summed E-state index contributed by atoms with van der Waals surface area (Å²) in [6, 6.07) is 4.14. The number of nitrogens with zero attached hydrogens (tertiary/aromatic N) is 3. The Labute approximate surface area is 208 Å². The summed E-state index contributed by atoms with van der Waals surface area (Å²) in [6.45, 7) is 12.7. The maximum atomic E-state index is 12.2. The SMILES string of the molecule is CCCCCCCCN(CCCCCCCC)c1ccc(/C=C2/C(=O)ON=C2C(C)(C)C)cn1. The summed E-state index contributed by atoms with van der Waals surface area (Å²) in [5.74, 6) is 0.643. The van der Waals surface area contributed by atoms with Crippen molar-refractivity contribution < 1.29 is 9.63 Å². The molecule has 1 aromatic rings. The van der Waals surface area contributed by atoms with Gasteiger partial charge in [-0.3, -0.25) is 0 Å². The summed E-state index contributed by atoms with van der Waals surface area (Å²) < 4.78 is 0. The number of unbranched alkanes of at least 4 members (excludes halogenated alkanes) is 10. The molecule has 0 aromatic carbocycles. The van der Waals surface area contributed by atoms with Gasteiger partial charge in [0.05, 0.1) is 5.57 Å². The van der Waals surface area contributed by atoms with Gasteiger partial charge in [0.15, 0.2) is 0 Å². The van der Waals surface area contributed by atoms with Crippen molar-refractivity contribution in [2.45, 2.75) is 112 Å². The summed E-state index contributed by atoms with van der Waals surface area (Å²) in [6.07, 6.45) is 19.3. The first-order chi connectivity index (χ1) is 16.4. The molecule has 0 N–H and O–H groups in total. The van der Waals surface area contributed by atoms with Crippen LogP contribution in [0.1, 0.15) is 117 Å². The fourth-order valence-corrected chi connectivity index (χ4v) is 4.29. The molecule has 34 heavy (non-hydrogen) atoms. The molecule has 0 atom stereocenters. The monoisotopic (exact) mass is 469 g/mol. The first-order valence-electron chi connectivity index (χ1n) is 13.6. The van der Waals surface area contributed by atoms with Crippen LogP contribution in [0.3, 0.4) is 0 Å². The van der Waals surface area contributed by atoms with Crippen molar-refractivity contribution in [3.63, 3.8) is 0 Å². The van der Waals surface area contributed by atoms with E-state index in [0.717, 1.165) is 24.5 Å². The third-order valence-corrected chi connectivity index (χ3v) is 6.37. The molecule has 1 aliphatic heterocycles. The molecular weight excluding hydrogens is 422 g/mol. The van der Waals surface area contributed by atoms with Crippen molar-refractivity contribution in [2.24, 2.45) is 10.6 Å². The van der Waals surface area contributed by atoms with E-state index in [1.807, 2.05) is 33.0 Å². The minimum Gasteiger partial charge on any atom is -0.357 e. The molecule has 1 aliphatic rings. The summed E-state index contributed by atoms with van der Waals surface area (Å²) in [4.78, 5) is 24.4. The highest BCUT2D eigenvalue weighted by Crippen LogP contribution is 2.28. The van der Waals surface area contributed by atoms with Crippen LogP contribution < -0.4 is 4.90 Å². The van der Waals surface area contributed by atoms with Crippen LogP contribution >= 0.6 is 0 Å². The summed E-state index contributed by atoms with van der Waals surface area (Å²) >= 11 is 0. The number of rotatable bonds is 16. The van der Waals surface area contributed by atoms with Crippen LogP contribution in [0.5, 0.6) is 0 Å². The van der Waals surface area contributed by atoms with Gasteiger partial charge in [-0.25, -0.2) is 9.78 Å². The van der Waals surface area contributed by atoms with Crippen LogP contribution in [0.4, 0.5) is 5.82 Å². The zero-order chi connectivity index (χ0) is 24.8. The first-order valence-corrected chi connectivity index (χ1v) is 13.6. The number of hydrogen-bond acceptors (Lipinski definition) is 5. The summed E-state index contributed by atoms with van der Waals surface area (Å²) in [5.41, 5.74) is 1.86. The van der Waals surface area contributed by atoms with E-state index in [4.69, 9.17) is 9.82 Å². The highest BCUT2D eigenvalue weighted by Gasteiger charge is 2.33. The number of pyridine rings is 1. The summed E-state index contributed by atoms with van der Waals surface area (Å²) in [7, 11) is 0. The van der Waals surface area contributed by atoms with Gasteiger partial charge < -0.3 is 9.74 Å². The molecule has 5 heteroatoms. The Kier molecular flexibility index (Phi) is 12.3. The molecule has 0 spiro atoms. The van der Waals surface area contributed by atoms with Crippen LogP contribution in [-0.4, -0.2) is 29.8 Å². The maximum Gasteiger partial charge on any atom is 0.367 e. The second-order valence-corrected chi connectivity index (χ2v) is 10.6. The Hall–Kier alpha value is -2.17. The van der Waals surface area contributed by atoms with Crippen LogP contribution in [0, 0.1) is 5.41 Å². The number of anilines is 1. The Balaban J connectivity index is 2.01. The first kappa shape index (κ1) is 28.1. The van der Waals surface area contributed by atoms with Crippen molar-refractivity contribution >= 4 is 23.6 Å². The predicted molar refractivity (Wildman–Crippen MR) is 144 cm³/mol. The molecule has 0 amide bonds. The van der Waals surface area contributed by atoms with E-state index < -0.39 is 0 Å². The molecule has 2 rings (SSSR count). The average molecular weight is 470 g/mol. The minimum absolute atomic E-state index is 0.254. The second kappa shape index (κ2) is 15.0. The van der Waals surface area contributed by atoms with Gasteiger partial charge in [-0.1, -0.05) is 104 Å². The van der Waals surface area contributed by atoms with Gasteiger partial charge in [-0.15, -0.1) is 0 Å². The molecule has 0 bridgehead atoms. The lowest BCUT2D eigenvalue weighted by Gasteiger charge is -2.24. The normalized spacial score (nSPS) is 15.0. The molecule has 0 saturated carbocycles. The second-order valence-electron chi connectivity index (χ2n) is 10.6. The van der Waals surface area contributed by atoms with Crippen molar-refractivity contribution in [3.05, 3.63) is 29.5 Å². The highest BCUT2D eigenvalue weighted by atomic mass is 16.7. The van der Waals surface area contributed by atoms with E-state index in [2.05, 4.69) is 36.0 Å². The van der Waals surface area contributed by atoms with Gasteiger partial charge in [0.1, 0.15) is 11.5 Å². The largest absolute Gasteiger partial charge is 0.367 e. The molecule has 2 heterocycles. The van der Waals surface area contributed by atoms with Gasteiger partial charge in [0.25, 0.3) is 0 Å². The molecule has 0 unspecified atom stereocenters. The lowest BCUT2D eigenvalue weighted by Crippen LogP contribution is -2.26. The van der Waals surface area contributed by atoms with E-state index in [1.54, 1.807) is 0 Å². The Morgan fingerprint density at radius 1 is 0.853 bits per heavy atom. The van der Waals surface area contributed by atoms with Crippen LogP contribution in [-0.2, 0) is 9.63 Å². The quantitative estimate of drug-likeness (QED) is 0.140. The third-order valence-electron chi connectivity index (χ3n) is 6.37. The van der Waals surface area contributed by atoms with Crippen molar-refractivity contribution in [2.75, 3.05) is 18.0 Å². The summed E-state index contributed by atoms with van der Waals surface area (Å²) in [5, 5.41) is 4.00. The topological polar surface area (TPSA) is 54.8 Å². The third kappa shape index (κ3) is 9.60. The van der Waals surface area contributed by atoms with E-state index in [-0.39, 0.29) is 11.4 Å². The number of aromatic nitrogens is 1. The number of hydrogen-bond donors (Lipinski definition) is 0. The van der Waals surface area contributed by atoms with Crippen LogP contribution in [0.2, 0.25) is 0 Å². The Morgan fingerprint density at radius 3 is 1.91 bits per heavy atom. The van der Waals surface area contributed by atoms with E-state index in [0.29, 0.717) is 11.3 Å². The van der Waals surface area contributed by atoms with Crippen molar-refractivity contribution in [3.8, 4) is 0 Å². The van der Waals surface area contributed by atoms with Crippen LogP contribution in [0.25, 0.3) is 6.08 Å². The molecule has 190 valence electrons. The maximum absolute atomic E-state index is 12.2. The van der Waals surface area contributed by atoms with Gasteiger partial charge in [-0.2, -0.15) is 0 Å². The number of carbonyl (C=O) groups excluding carboxylic acids is 1. The molecule has 0 aliphatic carbocycles. The van der Waals surface area contributed by atoms with Gasteiger partial charge in [0.2, 0.25) is 0 Å². The Bertz CT molecular complexity index is 775. The highest BCUT2D eigenvalue weighted by molar-refractivity contribution is 6.26. The molecule has 1 aromatic heterocycles. The van der Waals surface area contributed by atoms with Gasteiger partial charge in [0, 0.05) is 24.7 Å². The smallest absolute Gasteiger partial charge is 0.357 e. The predicted octanol–water partition coefficient (Wildman–Crippen LogP) is 7.95. The number of carbonyl (C=O) groups is 1. The molecule has 5 nitrogen and oxygen atoms in total. The van der Waals surface area contributed by atoms with E-state index >= 15 is 0 Å². The molecule has 0 saturated heterocycles. The zero-order valence-electron chi connectivity index (χ0n) is 22.4. The van der Waals surface area contributed by atoms with Gasteiger partial charge in [-0.05, 0) is 36.6 Å². The molecular formula is C29H47N3O2. The van der Waals surface area contributed by atoms with E-state index in [1.165, 1.54) is 77.0 Å². The molecule has 0 fully saturated rings. The van der Waals surface area contributed by atoms with E-state index in [9.17, 15) is 4.79 Å². The fraction of sp³-hybridized carbons (Fsp3) is 0.690. The lowest BCUT2D eigenvalue weighted by atomic mass is 9.85. The lowest BCUT2D eigenvalue weighted by molar-refractivity contribution is -0.136. The fourth-order valence-electron chi connectivity index (χ4n) is 4.29. The van der Waals surface area contributed by atoms with Crippen molar-refractivity contribution in [1.29, 1.82) is 0 Å². The standard InChI is InChI=1S/C29H47N3O2/c1-6-8-10-12-14-16-20-32(21-17-15-13-11-9-7-2)26-19-18-24(23-30-26)22-25-27(29(3,4)5)31-34-28(25)33/h18-19,22-23H,6-17,20-21H2,1-5H3/b25-22+. The molecule has 0 radical (unpaired) electrons. The Morgan fingerprint density at radius 2 is 1.41 bits per heavy atom. The minimum atomic E-state index is -0.387.